The summed E-state index contributed by atoms with van der Waals surface area (Å²) in [5, 5.41) is 12.9. The lowest BCUT2D eigenvalue weighted by atomic mass is 9.94. The summed E-state index contributed by atoms with van der Waals surface area (Å²) < 4.78 is 25.7. The van der Waals surface area contributed by atoms with Gasteiger partial charge in [0.05, 0.1) is 32.0 Å². The van der Waals surface area contributed by atoms with Crippen LogP contribution in [0.2, 0.25) is 23.2 Å². The fourth-order valence-corrected chi connectivity index (χ4v) is 11.5. The van der Waals surface area contributed by atoms with Crippen LogP contribution in [0.3, 0.4) is 0 Å². The lowest BCUT2D eigenvalue weighted by molar-refractivity contribution is -0.109. The number of benzene rings is 3. The van der Waals surface area contributed by atoms with E-state index in [4.69, 9.17) is 18.3 Å². The lowest BCUT2D eigenvalue weighted by Gasteiger charge is -2.43. The number of carbonyl (C=O) groups excluding carboxylic acids is 1. The van der Waals surface area contributed by atoms with Crippen LogP contribution in [0.5, 0.6) is 5.75 Å². The van der Waals surface area contributed by atoms with Crippen molar-refractivity contribution in [2.45, 2.75) is 102 Å². The molecule has 0 radical (unpaired) electrons. The predicted molar refractivity (Wildman–Crippen MR) is 187 cm³/mol. The van der Waals surface area contributed by atoms with Crippen molar-refractivity contribution >= 4 is 33.0 Å². The van der Waals surface area contributed by atoms with Crippen LogP contribution in [-0.2, 0) is 20.3 Å². The highest BCUT2D eigenvalue weighted by Gasteiger charge is 2.52. The number of aliphatic hydroxyl groups is 1. The van der Waals surface area contributed by atoms with E-state index < -0.39 is 28.7 Å². The molecule has 45 heavy (non-hydrogen) atoms. The maximum atomic E-state index is 13.5. The van der Waals surface area contributed by atoms with Gasteiger partial charge in [-0.2, -0.15) is 0 Å². The number of aliphatic hydroxyl groups excluding tert-OH is 1. The van der Waals surface area contributed by atoms with Gasteiger partial charge in [0, 0.05) is 6.42 Å². The first-order chi connectivity index (χ1) is 21.1. The van der Waals surface area contributed by atoms with E-state index in [2.05, 4.69) is 78.9 Å². The van der Waals surface area contributed by atoms with E-state index in [1.165, 1.54) is 7.11 Å². The number of methoxy groups -OCH3 is 1. The third-order valence-corrected chi connectivity index (χ3v) is 19.0. The zero-order valence-electron chi connectivity index (χ0n) is 28.6. The molecule has 244 valence electrons. The minimum atomic E-state index is -3.01. The van der Waals surface area contributed by atoms with Gasteiger partial charge in [0.15, 0.2) is 8.32 Å². The number of rotatable bonds is 10. The van der Waals surface area contributed by atoms with Gasteiger partial charge in [-0.15, -0.1) is 0 Å². The van der Waals surface area contributed by atoms with E-state index in [9.17, 15) is 9.90 Å². The quantitative estimate of drug-likeness (QED) is 0.191. The van der Waals surface area contributed by atoms with Crippen molar-refractivity contribution in [2.75, 3.05) is 13.7 Å². The molecule has 1 aliphatic rings. The Balaban J connectivity index is 1.72. The van der Waals surface area contributed by atoms with Crippen LogP contribution in [-0.4, -0.2) is 59.7 Å². The Labute approximate surface area is 272 Å². The zero-order valence-corrected chi connectivity index (χ0v) is 30.6. The van der Waals surface area contributed by atoms with Gasteiger partial charge < -0.3 is 23.4 Å². The van der Waals surface area contributed by atoms with Crippen LogP contribution < -0.4 is 14.8 Å². The second-order valence-corrected chi connectivity index (χ2v) is 23.9. The minimum Gasteiger partial charge on any atom is -0.533 e. The molecule has 0 bridgehead atoms. The molecule has 3 aromatic rings. The van der Waals surface area contributed by atoms with Gasteiger partial charge in [-0.3, -0.25) is 0 Å². The van der Waals surface area contributed by atoms with Gasteiger partial charge in [0.1, 0.15) is 11.3 Å². The molecule has 0 aliphatic carbocycles. The Bertz CT molecular complexity index is 1370. The van der Waals surface area contributed by atoms with E-state index in [1.807, 2.05) is 54.6 Å². The summed E-state index contributed by atoms with van der Waals surface area (Å²) in [6.45, 7) is 18.2. The summed E-state index contributed by atoms with van der Waals surface area (Å²) in [4.78, 5) is 13.5. The maximum Gasteiger partial charge on any atom is 0.341 e. The van der Waals surface area contributed by atoms with Gasteiger partial charge in [0.2, 0.25) is 0 Å². The van der Waals surface area contributed by atoms with E-state index >= 15 is 0 Å². The lowest BCUT2D eigenvalue weighted by Crippen LogP contribution is -2.69. The zero-order chi connectivity index (χ0) is 33.0. The van der Waals surface area contributed by atoms with Crippen molar-refractivity contribution in [1.29, 1.82) is 0 Å². The SMILES string of the molecule is COC(=O)c1c(C[C@H]2C[C@@H](O)C[C@H](CO[Si](C)(C)C(C)(C)C)O2)cccc1O[Si](c1ccccc1)(c1ccccc1)C(C)(C)C. The third-order valence-electron chi connectivity index (χ3n) is 9.52. The van der Waals surface area contributed by atoms with Gasteiger partial charge >= 0.3 is 14.3 Å². The molecule has 0 amide bonds. The monoisotopic (exact) mass is 648 g/mol. The van der Waals surface area contributed by atoms with Crippen LogP contribution in [0.1, 0.15) is 70.3 Å². The summed E-state index contributed by atoms with van der Waals surface area (Å²) in [7, 11) is -3.58. The maximum absolute atomic E-state index is 13.5. The first-order valence-corrected chi connectivity index (χ1v) is 20.9. The largest absolute Gasteiger partial charge is 0.533 e. The van der Waals surface area contributed by atoms with E-state index in [-0.39, 0.29) is 22.3 Å². The Morgan fingerprint density at radius 3 is 1.89 bits per heavy atom. The Kier molecular flexibility index (Phi) is 10.9. The molecule has 1 fully saturated rings. The number of hydrogen-bond acceptors (Lipinski definition) is 6. The second-order valence-electron chi connectivity index (χ2n) is 14.8. The molecule has 1 saturated heterocycles. The highest BCUT2D eigenvalue weighted by molar-refractivity contribution is 7.00. The first kappa shape index (κ1) is 35.1. The van der Waals surface area contributed by atoms with Crippen molar-refractivity contribution < 1.29 is 28.2 Å². The van der Waals surface area contributed by atoms with Crippen LogP contribution in [0.15, 0.2) is 78.9 Å². The van der Waals surface area contributed by atoms with Gasteiger partial charge in [0.25, 0.3) is 0 Å². The molecule has 0 saturated carbocycles. The van der Waals surface area contributed by atoms with E-state index in [0.29, 0.717) is 37.2 Å². The predicted octanol–water partition coefficient (Wildman–Crippen LogP) is 6.88. The van der Waals surface area contributed by atoms with Gasteiger partial charge in [-0.1, -0.05) is 114 Å². The molecule has 0 unspecified atom stereocenters. The molecule has 1 heterocycles. The molecule has 1 aliphatic heterocycles. The number of esters is 1. The average molecular weight is 649 g/mol. The summed E-state index contributed by atoms with van der Waals surface area (Å²) in [5.74, 6) is 0.0514. The summed E-state index contributed by atoms with van der Waals surface area (Å²) >= 11 is 0. The normalized spacial score (nSPS) is 19.6. The van der Waals surface area contributed by atoms with Crippen LogP contribution in [0, 0.1) is 0 Å². The molecule has 6 nitrogen and oxygen atoms in total. The Morgan fingerprint density at radius 2 is 1.38 bits per heavy atom. The van der Waals surface area contributed by atoms with Gasteiger partial charge in [-0.25, -0.2) is 4.79 Å². The van der Waals surface area contributed by atoms with Crippen LogP contribution in [0.25, 0.3) is 0 Å². The Hall–Kier alpha value is -2.76. The first-order valence-electron chi connectivity index (χ1n) is 16.1. The third kappa shape index (κ3) is 7.80. The van der Waals surface area contributed by atoms with E-state index in [0.717, 1.165) is 15.9 Å². The average Bonchev–Trinajstić information content (AvgIpc) is 2.98. The molecule has 3 aromatic carbocycles. The molecule has 0 aromatic heterocycles. The highest BCUT2D eigenvalue weighted by Crippen LogP contribution is 2.40. The van der Waals surface area contributed by atoms with E-state index in [1.54, 1.807) is 0 Å². The van der Waals surface area contributed by atoms with Crippen molar-refractivity contribution in [3.05, 3.63) is 90.0 Å². The smallest absolute Gasteiger partial charge is 0.341 e. The van der Waals surface area contributed by atoms with Gasteiger partial charge in [-0.05, 0) is 58.0 Å². The molecule has 3 atom stereocenters. The molecule has 8 heteroatoms. The summed E-state index contributed by atoms with van der Waals surface area (Å²) in [6.07, 6.45) is 0.452. The molecule has 0 spiro atoms. The highest BCUT2D eigenvalue weighted by atomic mass is 28.4. The molecule has 4 rings (SSSR count). The summed E-state index contributed by atoms with van der Waals surface area (Å²) in [5.41, 5.74) is 1.19. The van der Waals surface area contributed by atoms with Crippen LogP contribution in [0.4, 0.5) is 0 Å². The molecular formula is C37H52O6Si2. The fraction of sp³-hybridized carbons (Fsp3) is 0.486. The molecule has 1 N–H and O–H groups in total. The van der Waals surface area contributed by atoms with Crippen molar-refractivity contribution in [3.63, 3.8) is 0 Å². The Morgan fingerprint density at radius 1 is 0.822 bits per heavy atom. The number of hydrogen-bond donors (Lipinski definition) is 1. The van der Waals surface area contributed by atoms with Crippen LogP contribution >= 0.6 is 0 Å². The summed E-state index contributed by atoms with van der Waals surface area (Å²) in [6, 6.07) is 26.5. The standard InChI is InChI=1S/C37H52O6Si2/c1-36(2,3)44(8,9)41-26-30-25-28(38)24-29(42-30)23-27-17-16-22-33(34(27)35(39)40-7)43-45(37(4,5)6,31-18-12-10-13-19-31)32-20-14-11-15-21-32/h10-22,28-30,38H,23-26H2,1-9H3/t28-,29+,30-/m1/s1. The number of ether oxygens (including phenoxy) is 2. The van der Waals surface area contributed by atoms with Crippen molar-refractivity contribution in [3.8, 4) is 5.75 Å². The number of carbonyl (C=O) groups is 1. The van der Waals surface area contributed by atoms with Crippen molar-refractivity contribution in [1.82, 2.24) is 0 Å². The molecular weight excluding hydrogens is 597 g/mol. The second kappa shape index (κ2) is 13.9. The topological polar surface area (TPSA) is 74.2 Å². The van der Waals surface area contributed by atoms with Crippen molar-refractivity contribution in [2.24, 2.45) is 0 Å². The minimum absolute atomic E-state index is 0.0840. The fourth-order valence-electron chi connectivity index (χ4n) is 6.07.